The molecule has 0 bridgehead atoms. The second-order valence-corrected chi connectivity index (χ2v) is 4.87. The average Bonchev–Trinajstić information content (AvgIpc) is 2.26. The van der Waals surface area contributed by atoms with E-state index in [2.05, 4.69) is 28.2 Å². The zero-order chi connectivity index (χ0) is 11.3. The predicted octanol–water partition coefficient (Wildman–Crippen LogP) is 3.04. The van der Waals surface area contributed by atoms with Crippen LogP contribution in [0.4, 0.5) is 0 Å². The number of hydrogen-bond acceptors (Lipinski definition) is 1. The van der Waals surface area contributed by atoms with E-state index in [1.165, 1.54) is 0 Å². The first-order valence-corrected chi connectivity index (χ1v) is 6.06. The Kier molecular flexibility index (Phi) is 4.82. The highest BCUT2D eigenvalue weighted by molar-refractivity contribution is 9.10. The summed E-state index contributed by atoms with van der Waals surface area (Å²) in [5.41, 5.74) is 1.15. The molecule has 1 amide bonds. The van der Waals surface area contributed by atoms with Crippen LogP contribution in [-0.2, 0) is 4.79 Å². The van der Waals surface area contributed by atoms with E-state index in [4.69, 9.17) is 0 Å². The molecule has 2 nitrogen and oxygen atoms in total. The number of halogens is 1. The molecular weight excluding hydrogens is 254 g/mol. The van der Waals surface area contributed by atoms with Gasteiger partial charge in [0, 0.05) is 0 Å². The fourth-order valence-corrected chi connectivity index (χ4v) is 1.53. The van der Waals surface area contributed by atoms with Crippen LogP contribution in [0, 0.1) is 0 Å². The molecule has 2 atom stereocenters. The van der Waals surface area contributed by atoms with Gasteiger partial charge in [-0.25, -0.2) is 0 Å². The van der Waals surface area contributed by atoms with Crippen LogP contribution in [0.15, 0.2) is 30.3 Å². The van der Waals surface area contributed by atoms with Gasteiger partial charge in [0.15, 0.2) is 0 Å². The Hall–Kier alpha value is -0.830. The molecule has 0 fully saturated rings. The van der Waals surface area contributed by atoms with Crippen molar-refractivity contribution >= 4 is 21.8 Å². The van der Waals surface area contributed by atoms with E-state index in [0.717, 1.165) is 12.0 Å². The molecular formula is C12H16BrNO. The Morgan fingerprint density at radius 2 is 2.00 bits per heavy atom. The molecule has 0 spiro atoms. The highest BCUT2D eigenvalue weighted by Crippen LogP contribution is 2.16. The molecule has 0 radical (unpaired) electrons. The lowest BCUT2D eigenvalue weighted by atomic mass is 10.0. The fourth-order valence-electron chi connectivity index (χ4n) is 1.39. The van der Waals surface area contributed by atoms with Crippen LogP contribution in [-0.4, -0.2) is 10.7 Å². The standard InChI is InChI=1S/C12H16BrNO/c1-3-11(14-12(15)9(2)13)10-7-5-4-6-8-10/h4-9,11H,3H2,1-2H3,(H,14,15)/t9?,11-/m1/s1. The van der Waals surface area contributed by atoms with Gasteiger partial charge in [-0.2, -0.15) is 0 Å². The molecule has 0 heterocycles. The molecule has 1 rings (SSSR count). The molecule has 0 aliphatic heterocycles. The van der Waals surface area contributed by atoms with E-state index >= 15 is 0 Å². The lowest BCUT2D eigenvalue weighted by molar-refractivity contribution is -0.120. The monoisotopic (exact) mass is 269 g/mol. The maximum absolute atomic E-state index is 11.5. The summed E-state index contributed by atoms with van der Waals surface area (Å²) in [5, 5.41) is 3.00. The Balaban J connectivity index is 2.69. The molecule has 3 heteroatoms. The van der Waals surface area contributed by atoms with Gasteiger partial charge in [0.1, 0.15) is 0 Å². The van der Waals surface area contributed by atoms with Gasteiger partial charge in [-0.3, -0.25) is 4.79 Å². The van der Waals surface area contributed by atoms with Crippen molar-refractivity contribution in [3.8, 4) is 0 Å². The van der Waals surface area contributed by atoms with Crippen molar-refractivity contribution in [1.82, 2.24) is 5.32 Å². The Morgan fingerprint density at radius 3 is 2.47 bits per heavy atom. The summed E-state index contributed by atoms with van der Waals surface area (Å²) in [6.45, 7) is 3.89. The molecule has 0 saturated carbocycles. The molecule has 1 aromatic rings. The van der Waals surface area contributed by atoms with E-state index in [1.54, 1.807) is 0 Å². The summed E-state index contributed by atoms with van der Waals surface area (Å²) in [6.07, 6.45) is 0.898. The number of nitrogens with one attached hydrogen (secondary N) is 1. The van der Waals surface area contributed by atoms with Gasteiger partial charge in [-0.1, -0.05) is 53.2 Å². The third kappa shape index (κ3) is 3.67. The molecule has 1 unspecified atom stereocenters. The highest BCUT2D eigenvalue weighted by Gasteiger charge is 2.15. The van der Waals surface area contributed by atoms with Crippen molar-refractivity contribution < 1.29 is 4.79 Å². The van der Waals surface area contributed by atoms with Crippen molar-refractivity contribution in [2.45, 2.75) is 31.1 Å². The first kappa shape index (κ1) is 12.2. The van der Waals surface area contributed by atoms with Crippen molar-refractivity contribution in [1.29, 1.82) is 0 Å². The van der Waals surface area contributed by atoms with Gasteiger partial charge in [0.05, 0.1) is 10.9 Å². The maximum Gasteiger partial charge on any atom is 0.233 e. The van der Waals surface area contributed by atoms with E-state index in [-0.39, 0.29) is 16.8 Å². The van der Waals surface area contributed by atoms with E-state index in [0.29, 0.717) is 0 Å². The largest absolute Gasteiger partial charge is 0.348 e. The van der Waals surface area contributed by atoms with E-state index in [1.807, 2.05) is 37.3 Å². The molecule has 15 heavy (non-hydrogen) atoms. The zero-order valence-corrected chi connectivity index (χ0v) is 10.6. The van der Waals surface area contributed by atoms with Crippen LogP contribution < -0.4 is 5.32 Å². The Bertz CT molecular complexity index is 311. The van der Waals surface area contributed by atoms with Crippen LogP contribution in [0.2, 0.25) is 0 Å². The lowest BCUT2D eigenvalue weighted by Crippen LogP contribution is -2.32. The normalized spacial score (nSPS) is 14.3. The SMILES string of the molecule is CC[C@@H](NC(=O)C(C)Br)c1ccccc1. The molecule has 0 aliphatic carbocycles. The average molecular weight is 270 g/mol. The second-order valence-electron chi connectivity index (χ2n) is 3.50. The van der Waals surface area contributed by atoms with Gasteiger partial charge in [0.2, 0.25) is 5.91 Å². The minimum Gasteiger partial charge on any atom is -0.348 e. The Labute approximate surface area is 99.2 Å². The summed E-state index contributed by atoms with van der Waals surface area (Å²) >= 11 is 3.26. The van der Waals surface area contributed by atoms with Crippen molar-refractivity contribution in [3.05, 3.63) is 35.9 Å². The summed E-state index contributed by atoms with van der Waals surface area (Å²) < 4.78 is 0. The topological polar surface area (TPSA) is 29.1 Å². The minimum absolute atomic E-state index is 0.0331. The number of rotatable bonds is 4. The Morgan fingerprint density at radius 1 is 1.40 bits per heavy atom. The lowest BCUT2D eigenvalue weighted by Gasteiger charge is -2.18. The molecule has 0 aliphatic rings. The van der Waals surface area contributed by atoms with Crippen LogP contribution in [0.3, 0.4) is 0 Å². The second kappa shape index (κ2) is 5.91. The van der Waals surface area contributed by atoms with Crippen molar-refractivity contribution in [2.24, 2.45) is 0 Å². The fraction of sp³-hybridized carbons (Fsp3) is 0.417. The number of hydrogen-bond donors (Lipinski definition) is 1. The highest BCUT2D eigenvalue weighted by atomic mass is 79.9. The first-order chi connectivity index (χ1) is 7.15. The first-order valence-electron chi connectivity index (χ1n) is 5.14. The molecule has 1 aromatic carbocycles. The molecule has 0 saturated heterocycles. The third-order valence-corrected chi connectivity index (χ3v) is 2.70. The van der Waals surface area contributed by atoms with Gasteiger partial charge in [-0.15, -0.1) is 0 Å². The van der Waals surface area contributed by atoms with Crippen LogP contribution in [0.25, 0.3) is 0 Å². The van der Waals surface area contributed by atoms with E-state index < -0.39 is 0 Å². The summed E-state index contributed by atoms with van der Waals surface area (Å²) in [4.78, 5) is 11.4. The van der Waals surface area contributed by atoms with Gasteiger partial charge in [0.25, 0.3) is 0 Å². The summed E-state index contributed by atoms with van der Waals surface area (Å²) in [5.74, 6) is 0.0331. The van der Waals surface area contributed by atoms with Crippen molar-refractivity contribution in [3.63, 3.8) is 0 Å². The number of carbonyl (C=O) groups is 1. The van der Waals surface area contributed by atoms with Gasteiger partial charge in [-0.05, 0) is 18.9 Å². The number of carbonyl (C=O) groups excluding carboxylic acids is 1. The van der Waals surface area contributed by atoms with Crippen LogP contribution in [0.1, 0.15) is 31.9 Å². The quantitative estimate of drug-likeness (QED) is 0.837. The van der Waals surface area contributed by atoms with E-state index in [9.17, 15) is 4.79 Å². The molecule has 0 aromatic heterocycles. The molecule has 82 valence electrons. The number of alkyl halides is 1. The third-order valence-electron chi connectivity index (χ3n) is 2.29. The van der Waals surface area contributed by atoms with Crippen LogP contribution in [0.5, 0.6) is 0 Å². The maximum atomic E-state index is 11.5. The number of amides is 1. The van der Waals surface area contributed by atoms with Crippen molar-refractivity contribution in [2.75, 3.05) is 0 Å². The predicted molar refractivity (Wildman–Crippen MR) is 66.0 cm³/mol. The summed E-state index contributed by atoms with van der Waals surface area (Å²) in [7, 11) is 0. The number of benzene rings is 1. The van der Waals surface area contributed by atoms with Gasteiger partial charge >= 0.3 is 0 Å². The van der Waals surface area contributed by atoms with Gasteiger partial charge < -0.3 is 5.32 Å². The molecule has 1 N–H and O–H groups in total. The minimum atomic E-state index is -0.143. The smallest absolute Gasteiger partial charge is 0.233 e. The van der Waals surface area contributed by atoms with Crippen LogP contribution >= 0.6 is 15.9 Å². The zero-order valence-electron chi connectivity index (χ0n) is 9.03. The summed E-state index contributed by atoms with van der Waals surface area (Å²) in [6, 6.07) is 10.1.